The fraction of sp³-hybridized carbons (Fsp3) is 0.364. The summed E-state index contributed by atoms with van der Waals surface area (Å²) in [7, 11) is 0. The molecule has 0 spiro atoms. The van der Waals surface area contributed by atoms with Gasteiger partial charge in [-0.2, -0.15) is 0 Å². The van der Waals surface area contributed by atoms with E-state index in [-0.39, 0.29) is 6.03 Å². The van der Waals surface area contributed by atoms with Crippen molar-refractivity contribution in [2.75, 3.05) is 26.3 Å². The Labute approximate surface area is 238 Å². The molecule has 6 nitrogen and oxygen atoms in total. The number of hydrogen-bond donors (Lipinski definition) is 0. The van der Waals surface area contributed by atoms with E-state index < -0.39 is 0 Å². The topological polar surface area (TPSA) is 60.2 Å². The lowest BCUT2D eigenvalue weighted by molar-refractivity contribution is 0.0538. The molecule has 1 aliphatic carbocycles. The summed E-state index contributed by atoms with van der Waals surface area (Å²) in [5.41, 5.74) is 7.38. The smallest absolute Gasteiger partial charge is 0.329 e. The van der Waals surface area contributed by atoms with Gasteiger partial charge < -0.3 is 9.64 Å². The first-order chi connectivity index (χ1) is 19.6. The van der Waals surface area contributed by atoms with Gasteiger partial charge in [0.2, 0.25) is 0 Å². The van der Waals surface area contributed by atoms with E-state index in [0.29, 0.717) is 32.2 Å². The molecule has 0 unspecified atom stereocenters. The number of aromatic nitrogens is 3. The molecule has 7 rings (SSSR count). The molecular weight excluding hydrogens is 516 g/mol. The third-order valence-electron chi connectivity index (χ3n) is 8.50. The maximum absolute atomic E-state index is 14.2. The lowest BCUT2D eigenvalue weighted by Crippen LogP contribution is -2.43. The molecule has 0 bridgehead atoms. The molecule has 0 radical (unpaired) electrons. The van der Waals surface area contributed by atoms with Crippen molar-refractivity contribution < 1.29 is 9.53 Å². The molecule has 4 heterocycles. The number of amides is 1. The van der Waals surface area contributed by atoms with Crippen LogP contribution in [0.25, 0.3) is 43.6 Å². The normalized spacial score (nSPS) is 16.7. The maximum Gasteiger partial charge on any atom is 0.329 e. The Morgan fingerprint density at radius 3 is 2.52 bits per heavy atom. The van der Waals surface area contributed by atoms with Gasteiger partial charge in [-0.1, -0.05) is 49.6 Å². The number of benzene rings is 2. The highest BCUT2D eigenvalue weighted by molar-refractivity contribution is 7.15. The van der Waals surface area contributed by atoms with Crippen LogP contribution in [0.2, 0.25) is 0 Å². The summed E-state index contributed by atoms with van der Waals surface area (Å²) >= 11 is 1.69. The lowest BCUT2D eigenvalue weighted by Gasteiger charge is -2.28. The fourth-order valence-corrected chi connectivity index (χ4v) is 7.51. The van der Waals surface area contributed by atoms with Crippen LogP contribution in [0.3, 0.4) is 0 Å². The van der Waals surface area contributed by atoms with Crippen molar-refractivity contribution in [3.8, 4) is 21.8 Å². The molecule has 0 atom stereocenters. The largest absolute Gasteiger partial charge is 0.378 e. The number of morpholine rings is 1. The summed E-state index contributed by atoms with van der Waals surface area (Å²) < 4.78 is 7.57. The Morgan fingerprint density at radius 1 is 0.950 bits per heavy atom. The van der Waals surface area contributed by atoms with Crippen molar-refractivity contribution in [3.63, 3.8) is 0 Å². The summed E-state index contributed by atoms with van der Waals surface area (Å²) in [5, 5.41) is 3.33. The van der Waals surface area contributed by atoms with Gasteiger partial charge in [-0.3, -0.25) is 4.57 Å². The molecule has 7 heteroatoms. The second-order valence-corrected chi connectivity index (χ2v) is 12.3. The number of fused-ring (bicyclic) bond motifs is 2. The molecule has 3 aromatic heterocycles. The van der Waals surface area contributed by atoms with Crippen molar-refractivity contribution in [1.82, 2.24) is 19.4 Å². The van der Waals surface area contributed by atoms with Crippen LogP contribution in [-0.4, -0.2) is 51.8 Å². The minimum atomic E-state index is 0.0427. The second-order valence-electron chi connectivity index (χ2n) is 11.1. The van der Waals surface area contributed by atoms with Gasteiger partial charge in [0.15, 0.2) is 0 Å². The quantitative estimate of drug-likeness (QED) is 0.229. The minimum Gasteiger partial charge on any atom is -0.378 e. The number of carbonyl (C=O) groups excluding carboxylic acids is 1. The first kappa shape index (κ1) is 25.4. The molecule has 1 aliphatic heterocycles. The minimum absolute atomic E-state index is 0.0427. The van der Waals surface area contributed by atoms with Crippen LogP contribution in [0.15, 0.2) is 54.6 Å². The van der Waals surface area contributed by atoms with Gasteiger partial charge >= 0.3 is 6.03 Å². The number of carbonyl (C=O) groups is 1. The monoisotopic (exact) mass is 550 g/mol. The molecule has 1 saturated heterocycles. The third kappa shape index (κ3) is 4.41. The lowest BCUT2D eigenvalue weighted by atomic mass is 9.82. The van der Waals surface area contributed by atoms with Gasteiger partial charge in [0.05, 0.1) is 51.2 Å². The van der Waals surface area contributed by atoms with Crippen LogP contribution in [0, 0.1) is 13.8 Å². The molecule has 40 heavy (non-hydrogen) atoms. The Hall–Kier alpha value is -3.55. The van der Waals surface area contributed by atoms with Crippen molar-refractivity contribution in [2.45, 2.75) is 51.9 Å². The zero-order chi connectivity index (χ0) is 27.2. The van der Waals surface area contributed by atoms with E-state index in [1.807, 2.05) is 23.3 Å². The van der Waals surface area contributed by atoms with Gasteiger partial charge in [-0.05, 0) is 68.0 Å². The predicted octanol–water partition coefficient (Wildman–Crippen LogP) is 7.94. The Balaban J connectivity index is 1.42. The molecule has 1 saturated carbocycles. The van der Waals surface area contributed by atoms with E-state index in [1.54, 1.807) is 11.3 Å². The van der Waals surface area contributed by atoms with Gasteiger partial charge in [0, 0.05) is 23.9 Å². The zero-order valence-electron chi connectivity index (χ0n) is 23.2. The number of thiazole rings is 1. The molecule has 204 valence electrons. The van der Waals surface area contributed by atoms with Crippen molar-refractivity contribution in [3.05, 3.63) is 70.9 Å². The number of rotatable bonds is 3. The number of para-hydroxylation sites is 1. The molecular formula is C33H34N4O2S. The van der Waals surface area contributed by atoms with Crippen LogP contribution < -0.4 is 0 Å². The summed E-state index contributed by atoms with van der Waals surface area (Å²) in [4.78, 5) is 26.9. The van der Waals surface area contributed by atoms with Crippen molar-refractivity contribution >= 4 is 39.2 Å². The number of nitrogens with zero attached hydrogens (tertiary/aromatic N) is 4. The second kappa shape index (κ2) is 10.5. The van der Waals surface area contributed by atoms with Crippen LogP contribution >= 0.6 is 11.3 Å². The first-order valence-corrected chi connectivity index (χ1v) is 15.3. The molecule has 1 amide bonds. The number of pyridine rings is 1. The van der Waals surface area contributed by atoms with Crippen LogP contribution in [0.1, 0.15) is 54.3 Å². The number of aryl methyl sites for hydroxylation is 2. The SMILES string of the molecule is Cc1nc(C)c(-c2ccc3cc(-c4c(C5CCCCC5)c5ccccc5n4C(=O)N4CCOCC4)ccc3n2)s1. The average Bonchev–Trinajstić information content (AvgIpc) is 3.53. The summed E-state index contributed by atoms with van der Waals surface area (Å²) in [6.45, 7) is 6.48. The average molecular weight is 551 g/mol. The van der Waals surface area contributed by atoms with Crippen LogP contribution in [0.5, 0.6) is 0 Å². The molecule has 5 aromatic rings. The summed E-state index contributed by atoms with van der Waals surface area (Å²) in [6.07, 6.45) is 6.10. The van der Waals surface area contributed by atoms with E-state index in [1.165, 1.54) is 43.1 Å². The maximum atomic E-state index is 14.2. The molecule has 2 aliphatic rings. The molecule has 0 N–H and O–H groups in total. The van der Waals surface area contributed by atoms with Gasteiger partial charge in [-0.25, -0.2) is 14.8 Å². The van der Waals surface area contributed by atoms with Gasteiger partial charge in [0.1, 0.15) is 0 Å². The van der Waals surface area contributed by atoms with Crippen LogP contribution in [-0.2, 0) is 4.74 Å². The van der Waals surface area contributed by atoms with Gasteiger partial charge in [-0.15, -0.1) is 11.3 Å². The summed E-state index contributed by atoms with van der Waals surface area (Å²) in [5.74, 6) is 0.445. The first-order valence-electron chi connectivity index (χ1n) is 14.4. The van der Waals surface area contributed by atoms with E-state index in [4.69, 9.17) is 9.72 Å². The highest BCUT2D eigenvalue weighted by Crippen LogP contribution is 2.44. The van der Waals surface area contributed by atoms with E-state index in [9.17, 15) is 4.79 Å². The number of ether oxygens (including phenoxy) is 1. The Kier molecular flexibility index (Phi) is 6.64. The van der Waals surface area contributed by atoms with E-state index in [2.05, 4.69) is 59.6 Å². The standard InChI is InChI=1S/C33H34N4O2S/c1-21-32(40-22(2)34-21)28-15-12-24-20-25(13-14-27(24)35-28)31-30(23-8-4-3-5-9-23)26-10-6-7-11-29(26)37(31)33(38)36-16-18-39-19-17-36/h6-7,10-15,20,23H,3-5,8-9,16-19H2,1-2H3. The Morgan fingerprint density at radius 2 is 1.75 bits per heavy atom. The third-order valence-corrected chi connectivity index (χ3v) is 9.59. The zero-order valence-corrected chi connectivity index (χ0v) is 24.0. The fourth-order valence-electron chi connectivity index (χ4n) is 6.62. The van der Waals surface area contributed by atoms with E-state index >= 15 is 0 Å². The Bertz CT molecular complexity index is 1720. The van der Waals surface area contributed by atoms with Gasteiger partial charge in [0.25, 0.3) is 0 Å². The van der Waals surface area contributed by atoms with E-state index in [0.717, 1.165) is 48.9 Å². The highest BCUT2D eigenvalue weighted by atomic mass is 32.1. The summed E-state index contributed by atoms with van der Waals surface area (Å²) in [6, 6.07) is 19.3. The predicted molar refractivity (Wildman–Crippen MR) is 162 cm³/mol. The highest BCUT2D eigenvalue weighted by Gasteiger charge is 2.31. The van der Waals surface area contributed by atoms with Crippen molar-refractivity contribution in [1.29, 1.82) is 0 Å². The molecule has 2 fully saturated rings. The number of hydrogen-bond acceptors (Lipinski definition) is 5. The van der Waals surface area contributed by atoms with Crippen molar-refractivity contribution in [2.24, 2.45) is 0 Å². The van der Waals surface area contributed by atoms with Crippen LogP contribution in [0.4, 0.5) is 4.79 Å². The molecule has 2 aromatic carbocycles.